The Hall–Kier alpha value is -3.19. The maximum Gasteiger partial charge on any atom is 0.245 e. The van der Waals surface area contributed by atoms with Crippen LogP contribution in [0.15, 0.2) is 36.0 Å². The van der Waals surface area contributed by atoms with E-state index < -0.39 is 34.8 Å². The molecule has 1 saturated carbocycles. The average molecular weight is 558 g/mol. The van der Waals surface area contributed by atoms with Crippen LogP contribution in [0.3, 0.4) is 0 Å². The summed E-state index contributed by atoms with van der Waals surface area (Å²) in [5.41, 5.74) is 3.22. The lowest BCUT2D eigenvalue weighted by atomic mass is 9.96. The first-order chi connectivity index (χ1) is 18.4. The van der Waals surface area contributed by atoms with Crippen LogP contribution in [0.4, 0.5) is 15.9 Å². The molecule has 1 aromatic carbocycles. The van der Waals surface area contributed by atoms with Gasteiger partial charge in [0, 0.05) is 16.9 Å². The van der Waals surface area contributed by atoms with Gasteiger partial charge in [0.05, 0.1) is 30.4 Å². The van der Waals surface area contributed by atoms with E-state index in [1.807, 2.05) is 39.2 Å². The number of carbonyl (C=O) groups excluding carboxylic acids is 1. The predicted molar refractivity (Wildman–Crippen MR) is 141 cm³/mol. The lowest BCUT2D eigenvalue weighted by molar-refractivity contribution is -0.154. The molecular formula is C26H29ClFN7O4. The fourth-order valence-electron chi connectivity index (χ4n) is 5.01. The van der Waals surface area contributed by atoms with Crippen molar-refractivity contribution in [3.05, 3.63) is 41.7 Å². The molecule has 1 unspecified atom stereocenters. The topological polar surface area (TPSA) is 125 Å². The number of anilines is 2. The molecule has 2 aromatic heterocycles. The molecule has 2 saturated heterocycles. The second-order valence-corrected chi connectivity index (χ2v) is 11.9. The summed E-state index contributed by atoms with van der Waals surface area (Å²) in [6, 6.07) is 4.02. The summed E-state index contributed by atoms with van der Waals surface area (Å²) in [5, 5.41) is 7.63. The third-order valence-corrected chi connectivity index (χ3v) is 7.38. The van der Waals surface area contributed by atoms with Gasteiger partial charge >= 0.3 is 0 Å². The predicted octanol–water partition coefficient (Wildman–Crippen LogP) is 4.11. The van der Waals surface area contributed by atoms with Gasteiger partial charge in [-0.25, -0.2) is 24.8 Å². The SMILES string of the molecule is CC1(C)O[C@H]2[C@H](n3cnc4c(Nc5ccc(Cl)cc5F)ncnc43)COC3(C/C3=N\NC(=O)C(C)(C)C)[C@H]2O1. The van der Waals surface area contributed by atoms with E-state index in [0.29, 0.717) is 34.1 Å². The van der Waals surface area contributed by atoms with Crippen molar-refractivity contribution in [2.75, 3.05) is 11.9 Å². The van der Waals surface area contributed by atoms with Gasteiger partial charge in [0.1, 0.15) is 30.0 Å². The minimum absolute atomic E-state index is 0.182. The summed E-state index contributed by atoms with van der Waals surface area (Å²) >= 11 is 5.88. The van der Waals surface area contributed by atoms with Gasteiger partial charge in [-0.2, -0.15) is 5.10 Å². The Kier molecular flexibility index (Phi) is 5.96. The largest absolute Gasteiger partial charge is 0.363 e. The quantitative estimate of drug-likeness (QED) is 0.459. The molecular weight excluding hydrogens is 529 g/mol. The lowest BCUT2D eigenvalue weighted by Crippen LogP contribution is -2.51. The Labute approximate surface area is 229 Å². The van der Waals surface area contributed by atoms with Gasteiger partial charge in [0.2, 0.25) is 5.91 Å². The maximum absolute atomic E-state index is 14.4. The van der Waals surface area contributed by atoms with Crippen molar-refractivity contribution in [2.45, 2.75) is 70.7 Å². The molecule has 0 bridgehead atoms. The van der Waals surface area contributed by atoms with E-state index in [4.69, 9.17) is 25.8 Å². The highest BCUT2D eigenvalue weighted by Gasteiger charge is 2.69. The number of hydrogen-bond donors (Lipinski definition) is 2. The number of halogens is 2. The molecule has 1 aliphatic carbocycles. The molecule has 6 rings (SSSR count). The number of amides is 1. The van der Waals surface area contributed by atoms with Crippen LogP contribution < -0.4 is 10.7 Å². The van der Waals surface area contributed by atoms with Gasteiger partial charge < -0.3 is 24.1 Å². The van der Waals surface area contributed by atoms with Gasteiger partial charge in [-0.15, -0.1) is 0 Å². The van der Waals surface area contributed by atoms with Crippen LogP contribution in [0.5, 0.6) is 0 Å². The smallest absolute Gasteiger partial charge is 0.245 e. The molecule has 2 aliphatic heterocycles. The molecule has 11 nitrogen and oxygen atoms in total. The number of fused-ring (bicyclic) bond motifs is 3. The number of nitrogens with one attached hydrogen (secondary N) is 2. The Morgan fingerprint density at radius 1 is 1.23 bits per heavy atom. The summed E-state index contributed by atoms with van der Waals surface area (Å²) in [5.74, 6) is -1.21. The van der Waals surface area contributed by atoms with Crippen LogP contribution in [0.2, 0.25) is 5.02 Å². The molecule has 3 aliphatic rings. The number of ether oxygens (including phenoxy) is 3. The number of rotatable bonds is 4. The highest BCUT2D eigenvalue weighted by atomic mass is 35.5. The number of hydrogen-bond acceptors (Lipinski definition) is 9. The van der Waals surface area contributed by atoms with Crippen LogP contribution in [0, 0.1) is 11.2 Å². The molecule has 3 aromatic rings. The molecule has 13 heteroatoms. The molecule has 2 N–H and O–H groups in total. The summed E-state index contributed by atoms with van der Waals surface area (Å²) in [6.45, 7) is 9.46. The third-order valence-electron chi connectivity index (χ3n) is 7.15. The number of aromatic nitrogens is 4. The fraction of sp³-hybridized carbons (Fsp3) is 0.500. The molecule has 1 spiro atoms. The molecule has 3 fully saturated rings. The van der Waals surface area contributed by atoms with Gasteiger partial charge in [-0.3, -0.25) is 4.79 Å². The van der Waals surface area contributed by atoms with Crippen LogP contribution in [-0.4, -0.2) is 61.3 Å². The lowest BCUT2D eigenvalue weighted by Gasteiger charge is -2.37. The van der Waals surface area contributed by atoms with Crippen molar-refractivity contribution in [3.8, 4) is 0 Å². The van der Waals surface area contributed by atoms with Gasteiger partial charge in [-0.05, 0) is 32.0 Å². The minimum atomic E-state index is -0.860. The van der Waals surface area contributed by atoms with E-state index in [0.717, 1.165) is 0 Å². The first-order valence-electron chi connectivity index (χ1n) is 12.6. The van der Waals surface area contributed by atoms with Gasteiger partial charge in [0.25, 0.3) is 0 Å². The zero-order valence-electron chi connectivity index (χ0n) is 22.2. The average Bonchev–Trinajstić information content (AvgIpc) is 3.18. The van der Waals surface area contributed by atoms with E-state index in [-0.39, 0.29) is 24.2 Å². The first kappa shape index (κ1) is 26.1. The second-order valence-electron chi connectivity index (χ2n) is 11.5. The molecule has 4 atom stereocenters. The van der Waals surface area contributed by atoms with E-state index in [1.54, 1.807) is 12.4 Å². The summed E-state index contributed by atoms with van der Waals surface area (Å²) in [6.07, 6.45) is 2.69. The summed E-state index contributed by atoms with van der Waals surface area (Å²) in [4.78, 5) is 25.6. The van der Waals surface area contributed by atoms with Crippen molar-refractivity contribution in [3.63, 3.8) is 0 Å². The maximum atomic E-state index is 14.4. The first-order valence-corrected chi connectivity index (χ1v) is 13.0. The highest BCUT2D eigenvalue weighted by Crippen LogP contribution is 2.53. The summed E-state index contributed by atoms with van der Waals surface area (Å²) < 4.78 is 35.4. The van der Waals surface area contributed by atoms with E-state index in [1.165, 1.54) is 18.5 Å². The molecule has 4 heterocycles. The summed E-state index contributed by atoms with van der Waals surface area (Å²) in [7, 11) is 0. The normalized spacial score (nSPS) is 28.6. The zero-order valence-corrected chi connectivity index (χ0v) is 22.9. The van der Waals surface area contributed by atoms with Crippen molar-refractivity contribution in [2.24, 2.45) is 10.5 Å². The van der Waals surface area contributed by atoms with E-state index >= 15 is 0 Å². The number of hydrazone groups is 1. The zero-order chi connectivity index (χ0) is 27.7. The Morgan fingerprint density at radius 2 is 2.03 bits per heavy atom. The number of carbonyl (C=O) groups is 1. The number of imidazole rings is 1. The van der Waals surface area contributed by atoms with E-state index in [2.05, 4.69) is 30.8 Å². The van der Waals surface area contributed by atoms with Gasteiger partial charge in [-0.1, -0.05) is 32.4 Å². The fourth-order valence-corrected chi connectivity index (χ4v) is 5.17. The standard InChI is InChI=1S/C26H29ClFN7O4/c1-24(2,3)23(36)34-33-17-9-26(17)20-19(38-25(4,5)39-20)16(10-37-26)35-12-31-18-21(29-11-30-22(18)35)32-15-7-6-13(27)8-14(15)28/h6-8,11-12,16,19-20H,9-10H2,1-5H3,(H,34,36)(H,29,30,32)/b33-17+/t16-,19+,20+,26?/m1/s1. The minimum Gasteiger partial charge on any atom is -0.363 e. The molecule has 1 amide bonds. The van der Waals surface area contributed by atoms with Crippen molar-refractivity contribution >= 4 is 45.9 Å². The van der Waals surface area contributed by atoms with Crippen molar-refractivity contribution in [1.82, 2.24) is 24.9 Å². The Bertz CT molecular complexity index is 1500. The van der Waals surface area contributed by atoms with E-state index in [9.17, 15) is 9.18 Å². The van der Waals surface area contributed by atoms with Crippen LogP contribution in [0.25, 0.3) is 11.2 Å². The Balaban J connectivity index is 1.29. The van der Waals surface area contributed by atoms with Crippen LogP contribution >= 0.6 is 11.6 Å². The Morgan fingerprint density at radius 3 is 2.77 bits per heavy atom. The third kappa shape index (κ3) is 4.54. The van der Waals surface area contributed by atoms with Crippen LogP contribution in [0.1, 0.15) is 47.1 Å². The molecule has 206 valence electrons. The molecule has 0 radical (unpaired) electrons. The van der Waals surface area contributed by atoms with Crippen molar-refractivity contribution < 1.29 is 23.4 Å². The molecule has 39 heavy (non-hydrogen) atoms. The number of nitrogens with zero attached hydrogens (tertiary/aromatic N) is 5. The monoisotopic (exact) mass is 557 g/mol. The van der Waals surface area contributed by atoms with Gasteiger partial charge in [0.15, 0.2) is 22.8 Å². The second kappa shape index (κ2) is 8.91. The highest BCUT2D eigenvalue weighted by molar-refractivity contribution is 6.30. The van der Waals surface area contributed by atoms with Crippen LogP contribution in [-0.2, 0) is 19.0 Å². The number of benzene rings is 1. The van der Waals surface area contributed by atoms with Crippen molar-refractivity contribution in [1.29, 1.82) is 0 Å².